The number of nitrogens with two attached hydrogens (primary N) is 1. The van der Waals surface area contributed by atoms with Gasteiger partial charge in [-0.3, -0.25) is 9.59 Å². The van der Waals surface area contributed by atoms with Crippen LogP contribution in [0.1, 0.15) is 19.8 Å². The molecule has 1 aromatic heterocycles. The average molecular weight is 329 g/mol. The summed E-state index contributed by atoms with van der Waals surface area (Å²) in [5.41, 5.74) is 5.32. The molecule has 1 aliphatic heterocycles. The summed E-state index contributed by atoms with van der Waals surface area (Å²) >= 11 is 2.81. The minimum absolute atomic E-state index is 0.0196. The van der Waals surface area contributed by atoms with Crippen molar-refractivity contribution in [3.63, 3.8) is 0 Å². The van der Waals surface area contributed by atoms with Crippen LogP contribution in [-0.2, 0) is 9.59 Å². The largest absolute Gasteiger partial charge is 0.369 e. The highest BCUT2D eigenvalue weighted by atomic mass is 32.2. The number of rotatable bonds is 6. The van der Waals surface area contributed by atoms with E-state index < -0.39 is 0 Å². The van der Waals surface area contributed by atoms with E-state index in [0.29, 0.717) is 18.8 Å². The number of likely N-dealkylation sites (tertiary alicyclic amines) is 1. The second kappa shape index (κ2) is 7.60. The number of nitrogens with one attached hydrogen (secondary N) is 1. The number of piperidine rings is 1. The number of carbonyl (C=O) groups excluding carboxylic acids is 2. The van der Waals surface area contributed by atoms with Crippen molar-refractivity contribution in [2.75, 3.05) is 30.7 Å². The van der Waals surface area contributed by atoms with Gasteiger partial charge in [0.05, 0.1) is 11.7 Å². The average Bonchev–Trinajstić information content (AvgIpc) is 2.93. The highest BCUT2D eigenvalue weighted by Gasteiger charge is 2.26. The first-order chi connectivity index (χ1) is 10.1. The van der Waals surface area contributed by atoms with Crippen LogP contribution in [0.4, 0.5) is 5.13 Å². The van der Waals surface area contributed by atoms with E-state index in [4.69, 9.17) is 5.73 Å². The Labute approximate surface area is 131 Å². The first-order valence-electron chi connectivity index (χ1n) is 6.87. The van der Waals surface area contributed by atoms with Crippen molar-refractivity contribution in [1.29, 1.82) is 0 Å². The molecule has 0 bridgehead atoms. The Balaban J connectivity index is 1.82. The van der Waals surface area contributed by atoms with Gasteiger partial charge in [-0.05, 0) is 19.8 Å². The van der Waals surface area contributed by atoms with Gasteiger partial charge in [0.1, 0.15) is 0 Å². The fraction of sp³-hybridized carbons (Fsp3) is 0.667. The van der Waals surface area contributed by atoms with Crippen LogP contribution < -0.4 is 11.1 Å². The van der Waals surface area contributed by atoms with E-state index in [0.717, 1.165) is 28.9 Å². The van der Waals surface area contributed by atoms with E-state index in [-0.39, 0.29) is 17.7 Å². The second-order valence-corrected chi connectivity index (χ2v) is 6.97. The summed E-state index contributed by atoms with van der Waals surface area (Å²) in [6.07, 6.45) is 1.60. The Morgan fingerprint density at radius 2 is 2.33 bits per heavy atom. The molecule has 0 unspecified atom stereocenters. The van der Waals surface area contributed by atoms with Crippen LogP contribution in [0.15, 0.2) is 4.34 Å². The fourth-order valence-electron chi connectivity index (χ4n) is 2.14. The minimum Gasteiger partial charge on any atom is -0.369 e. The van der Waals surface area contributed by atoms with E-state index >= 15 is 0 Å². The third-order valence-corrected chi connectivity index (χ3v) is 5.23. The molecule has 0 radical (unpaired) electrons. The minimum atomic E-state index is -0.320. The maximum absolute atomic E-state index is 12.2. The maximum atomic E-state index is 12.2. The summed E-state index contributed by atoms with van der Waals surface area (Å²) in [6, 6.07) is 0. The van der Waals surface area contributed by atoms with Gasteiger partial charge < -0.3 is 16.0 Å². The standard InChI is InChI=1S/C12H19N5O2S2/c1-2-14-11-15-16-12(21-11)20-7-9(18)17-5-3-4-8(6-17)10(13)19/h8H,2-7H2,1H3,(H2,13,19)(H,14,15)/t8-/m0/s1. The monoisotopic (exact) mass is 329 g/mol. The molecule has 21 heavy (non-hydrogen) atoms. The molecule has 0 spiro atoms. The third-order valence-electron chi connectivity index (χ3n) is 3.23. The van der Waals surface area contributed by atoms with Crippen molar-refractivity contribution in [2.24, 2.45) is 11.7 Å². The van der Waals surface area contributed by atoms with Gasteiger partial charge in [-0.25, -0.2) is 0 Å². The van der Waals surface area contributed by atoms with Crippen LogP contribution in [0.2, 0.25) is 0 Å². The maximum Gasteiger partial charge on any atom is 0.233 e. The molecule has 2 heterocycles. The number of amides is 2. The molecule has 1 fully saturated rings. The molecule has 1 atom stereocenters. The number of thioether (sulfide) groups is 1. The zero-order valence-corrected chi connectivity index (χ0v) is 13.5. The third kappa shape index (κ3) is 4.57. The van der Waals surface area contributed by atoms with E-state index in [9.17, 15) is 9.59 Å². The number of carbonyl (C=O) groups is 2. The highest BCUT2D eigenvalue weighted by Crippen LogP contribution is 2.26. The normalized spacial score (nSPS) is 18.5. The van der Waals surface area contributed by atoms with Crippen molar-refractivity contribution in [3.8, 4) is 0 Å². The summed E-state index contributed by atoms with van der Waals surface area (Å²) in [6.45, 7) is 3.92. The molecular formula is C12H19N5O2S2. The molecule has 1 saturated heterocycles. The molecule has 0 aromatic carbocycles. The van der Waals surface area contributed by atoms with Gasteiger partial charge in [0, 0.05) is 19.6 Å². The van der Waals surface area contributed by atoms with Crippen molar-refractivity contribution in [2.45, 2.75) is 24.1 Å². The highest BCUT2D eigenvalue weighted by molar-refractivity contribution is 8.01. The number of nitrogens with zero attached hydrogens (tertiary/aromatic N) is 3. The van der Waals surface area contributed by atoms with Crippen molar-refractivity contribution < 1.29 is 9.59 Å². The molecule has 116 valence electrons. The lowest BCUT2D eigenvalue weighted by Gasteiger charge is -2.31. The molecule has 1 aromatic rings. The first kappa shape index (κ1) is 16.0. The van der Waals surface area contributed by atoms with Gasteiger partial charge in [-0.15, -0.1) is 10.2 Å². The predicted octanol–water partition coefficient (Wildman–Crippen LogP) is 0.786. The summed E-state index contributed by atoms with van der Waals surface area (Å²) in [5, 5.41) is 11.8. The fourth-order valence-corrected chi connectivity index (χ4v) is 3.86. The number of aromatic nitrogens is 2. The Kier molecular flexibility index (Phi) is 5.80. The van der Waals surface area contributed by atoms with Crippen LogP contribution in [0, 0.1) is 5.92 Å². The molecule has 7 nitrogen and oxygen atoms in total. The van der Waals surface area contributed by atoms with Crippen molar-refractivity contribution >= 4 is 40.0 Å². The summed E-state index contributed by atoms with van der Waals surface area (Å²) in [7, 11) is 0. The molecule has 0 aliphatic carbocycles. The van der Waals surface area contributed by atoms with Gasteiger partial charge in [-0.2, -0.15) is 0 Å². The molecule has 1 aliphatic rings. The van der Waals surface area contributed by atoms with Gasteiger partial charge in [-0.1, -0.05) is 23.1 Å². The van der Waals surface area contributed by atoms with Crippen LogP contribution in [0.5, 0.6) is 0 Å². The van der Waals surface area contributed by atoms with Gasteiger partial charge in [0.25, 0.3) is 0 Å². The topological polar surface area (TPSA) is 101 Å². The van der Waals surface area contributed by atoms with Gasteiger partial charge in [0.15, 0.2) is 4.34 Å². The molecule has 2 rings (SSSR count). The summed E-state index contributed by atoms with van der Waals surface area (Å²) in [4.78, 5) is 25.1. The number of anilines is 1. The lowest BCUT2D eigenvalue weighted by atomic mass is 9.97. The van der Waals surface area contributed by atoms with Crippen LogP contribution in [-0.4, -0.2) is 52.3 Å². The molecular weight excluding hydrogens is 310 g/mol. The molecule has 9 heteroatoms. The van der Waals surface area contributed by atoms with Crippen LogP contribution >= 0.6 is 23.1 Å². The Hall–Kier alpha value is -1.35. The van der Waals surface area contributed by atoms with Gasteiger partial charge in [0.2, 0.25) is 16.9 Å². The Morgan fingerprint density at radius 3 is 3.05 bits per heavy atom. The Bertz CT molecular complexity index is 508. The van der Waals surface area contributed by atoms with E-state index in [1.54, 1.807) is 4.90 Å². The number of primary amides is 1. The van der Waals surface area contributed by atoms with E-state index in [1.165, 1.54) is 23.1 Å². The Morgan fingerprint density at radius 1 is 1.52 bits per heavy atom. The van der Waals surface area contributed by atoms with Crippen molar-refractivity contribution in [1.82, 2.24) is 15.1 Å². The molecule has 0 saturated carbocycles. The SMILES string of the molecule is CCNc1nnc(SCC(=O)N2CCC[C@H](C(N)=O)C2)s1. The van der Waals surface area contributed by atoms with Crippen molar-refractivity contribution in [3.05, 3.63) is 0 Å². The first-order valence-corrected chi connectivity index (χ1v) is 8.67. The predicted molar refractivity (Wildman–Crippen MR) is 83.3 cm³/mol. The van der Waals surface area contributed by atoms with E-state index in [1.807, 2.05) is 6.92 Å². The number of hydrogen-bond donors (Lipinski definition) is 2. The summed E-state index contributed by atoms with van der Waals surface area (Å²) in [5.74, 6) is -0.202. The second-order valence-electron chi connectivity index (χ2n) is 4.77. The molecule has 2 amide bonds. The quantitative estimate of drug-likeness (QED) is 0.748. The van der Waals surface area contributed by atoms with Crippen LogP contribution in [0.25, 0.3) is 0 Å². The number of hydrogen-bond acceptors (Lipinski definition) is 7. The van der Waals surface area contributed by atoms with Gasteiger partial charge >= 0.3 is 0 Å². The summed E-state index contributed by atoms with van der Waals surface area (Å²) < 4.78 is 0.766. The van der Waals surface area contributed by atoms with Crippen LogP contribution in [0.3, 0.4) is 0 Å². The smallest absolute Gasteiger partial charge is 0.233 e. The zero-order valence-electron chi connectivity index (χ0n) is 11.9. The lowest BCUT2D eigenvalue weighted by Crippen LogP contribution is -2.44. The lowest BCUT2D eigenvalue weighted by molar-refractivity contribution is -0.132. The zero-order chi connectivity index (χ0) is 15.2. The van der Waals surface area contributed by atoms with E-state index in [2.05, 4.69) is 15.5 Å². The molecule has 3 N–H and O–H groups in total.